The van der Waals surface area contributed by atoms with Gasteiger partial charge in [0.1, 0.15) is 5.84 Å². The minimum atomic E-state index is -0.644. The topological polar surface area (TPSA) is 64.9 Å². The number of aliphatic hydroxyl groups is 1. The maximum absolute atomic E-state index is 13.0. The van der Waals surface area contributed by atoms with Crippen LogP contribution < -0.4 is 5.32 Å². The van der Waals surface area contributed by atoms with Crippen LogP contribution in [0.1, 0.15) is 40.4 Å². The smallest absolute Gasteiger partial charge is 0.251 e. The number of carbonyl (C=O) groups excluding carboxylic acids is 1. The third kappa shape index (κ3) is 4.04. The molecule has 5 heteroatoms. The van der Waals surface area contributed by atoms with E-state index in [0.29, 0.717) is 12.0 Å². The van der Waals surface area contributed by atoms with E-state index in [9.17, 15) is 9.90 Å². The predicted molar refractivity (Wildman–Crippen MR) is 127 cm³/mol. The average Bonchev–Trinajstić information content (AvgIpc) is 3.36. The lowest BCUT2D eigenvalue weighted by molar-refractivity contribution is 0.0858. The number of hydrogen-bond acceptors (Lipinski definition) is 3. The summed E-state index contributed by atoms with van der Waals surface area (Å²) < 4.78 is 0. The summed E-state index contributed by atoms with van der Waals surface area (Å²) in [4.78, 5) is 19.9. The van der Waals surface area contributed by atoms with Crippen LogP contribution in [0, 0.1) is 0 Å². The summed E-state index contributed by atoms with van der Waals surface area (Å²) in [6, 6.07) is 23.2. The number of hydrogen-bond donors (Lipinski definition) is 2. The van der Waals surface area contributed by atoms with E-state index in [2.05, 4.69) is 17.3 Å². The van der Waals surface area contributed by atoms with Gasteiger partial charge in [0.25, 0.3) is 5.91 Å². The van der Waals surface area contributed by atoms with E-state index in [1.807, 2.05) is 72.8 Å². The van der Waals surface area contributed by atoms with Crippen molar-refractivity contribution in [3.05, 3.63) is 89.5 Å². The van der Waals surface area contributed by atoms with Crippen LogP contribution in [0.4, 0.5) is 5.69 Å². The van der Waals surface area contributed by atoms with Crippen molar-refractivity contribution in [1.82, 2.24) is 10.2 Å². The van der Waals surface area contributed by atoms with E-state index in [4.69, 9.17) is 4.99 Å². The normalized spacial score (nSPS) is 21.1. The van der Waals surface area contributed by atoms with Crippen molar-refractivity contribution in [2.24, 2.45) is 4.99 Å². The number of nitrogens with zero attached hydrogens (tertiary/aromatic N) is 2. The van der Waals surface area contributed by atoms with Gasteiger partial charge in [-0.2, -0.15) is 0 Å². The number of aliphatic imine (C=N–C) groups is 1. The Bertz CT molecular complexity index is 1160. The highest BCUT2D eigenvalue weighted by molar-refractivity contribution is 5.95. The first-order valence-corrected chi connectivity index (χ1v) is 11.1. The standard InChI is InChI=1S/C27H27N3O2/c1-30-15-5-8-25(30)28-22-14-13-21-16-24(31)26(23(21)17-22)29-27(32)20-11-9-19(10-12-20)18-6-3-2-4-7-18/h2-4,6-7,9-14,17,24,26,31H,5,8,15-16H2,1H3,(H,29,32). The number of amidine groups is 1. The number of nitrogens with one attached hydrogen (secondary N) is 1. The minimum absolute atomic E-state index is 0.186. The summed E-state index contributed by atoms with van der Waals surface area (Å²) in [7, 11) is 2.06. The third-order valence-corrected chi connectivity index (χ3v) is 6.41. The highest BCUT2D eigenvalue weighted by Gasteiger charge is 2.32. The van der Waals surface area contributed by atoms with E-state index in [-0.39, 0.29) is 5.91 Å². The largest absolute Gasteiger partial charge is 0.390 e. The van der Waals surface area contributed by atoms with Gasteiger partial charge < -0.3 is 15.3 Å². The van der Waals surface area contributed by atoms with Gasteiger partial charge in [0.15, 0.2) is 0 Å². The maximum Gasteiger partial charge on any atom is 0.251 e. The monoisotopic (exact) mass is 425 g/mol. The zero-order valence-electron chi connectivity index (χ0n) is 18.2. The number of benzene rings is 3. The average molecular weight is 426 g/mol. The van der Waals surface area contributed by atoms with Crippen molar-refractivity contribution in [2.45, 2.75) is 31.4 Å². The summed E-state index contributed by atoms with van der Waals surface area (Å²) in [6.07, 6.45) is 2.00. The summed E-state index contributed by atoms with van der Waals surface area (Å²) in [6.45, 7) is 1.03. The van der Waals surface area contributed by atoms with Crippen LogP contribution in [0.5, 0.6) is 0 Å². The van der Waals surface area contributed by atoms with Crippen LogP contribution in [0.2, 0.25) is 0 Å². The molecule has 5 rings (SSSR count). The first kappa shape index (κ1) is 20.5. The van der Waals surface area contributed by atoms with E-state index >= 15 is 0 Å². The molecular weight excluding hydrogens is 398 g/mol. The Labute approximate surface area is 188 Å². The second kappa shape index (κ2) is 8.60. The number of rotatable bonds is 4. The van der Waals surface area contributed by atoms with Gasteiger partial charge in [-0.1, -0.05) is 48.5 Å². The SMILES string of the molecule is CN1CCCC1=Nc1ccc2c(c1)C(NC(=O)c1ccc(-c3ccccc3)cc1)C(O)C2. The van der Waals surface area contributed by atoms with Crippen molar-refractivity contribution in [1.29, 1.82) is 0 Å². The highest BCUT2D eigenvalue weighted by Crippen LogP contribution is 2.35. The Balaban J connectivity index is 1.35. The number of aliphatic hydroxyl groups excluding tert-OH is 1. The second-order valence-electron chi connectivity index (χ2n) is 8.60. The Morgan fingerprint density at radius 2 is 1.78 bits per heavy atom. The molecule has 162 valence electrons. The van der Waals surface area contributed by atoms with Crippen LogP contribution in [-0.4, -0.2) is 41.4 Å². The predicted octanol–water partition coefficient (Wildman–Crippen LogP) is 4.50. The van der Waals surface area contributed by atoms with Gasteiger partial charge in [-0.15, -0.1) is 0 Å². The summed E-state index contributed by atoms with van der Waals surface area (Å²) in [5.74, 6) is 0.899. The molecule has 3 aromatic rings. The Kier molecular flexibility index (Phi) is 5.50. The number of carbonyl (C=O) groups is 1. The molecule has 0 aromatic heterocycles. The van der Waals surface area contributed by atoms with E-state index in [1.54, 1.807) is 0 Å². The molecule has 1 aliphatic heterocycles. The van der Waals surface area contributed by atoms with E-state index in [1.165, 1.54) is 0 Å². The van der Waals surface area contributed by atoms with Crippen LogP contribution >= 0.6 is 0 Å². The van der Waals surface area contributed by atoms with Gasteiger partial charge in [0.2, 0.25) is 0 Å². The molecule has 5 nitrogen and oxygen atoms in total. The second-order valence-corrected chi connectivity index (χ2v) is 8.60. The van der Waals surface area contributed by atoms with E-state index in [0.717, 1.165) is 53.2 Å². The molecule has 2 aliphatic rings. The lowest BCUT2D eigenvalue weighted by Gasteiger charge is -2.18. The third-order valence-electron chi connectivity index (χ3n) is 6.41. The van der Waals surface area contributed by atoms with Gasteiger partial charge in [0.05, 0.1) is 17.8 Å². The zero-order chi connectivity index (χ0) is 22.1. The van der Waals surface area contributed by atoms with Crippen molar-refractivity contribution < 1.29 is 9.90 Å². The van der Waals surface area contributed by atoms with Crippen LogP contribution in [-0.2, 0) is 6.42 Å². The molecule has 0 saturated carbocycles. The molecule has 0 radical (unpaired) electrons. The first-order chi connectivity index (χ1) is 15.6. The van der Waals surface area contributed by atoms with Crippen molar-refractivity contribution in [3.63, 3.8) is 0 Å². The molecule has 1 fully saturated rings. The van der Waals surface area contributed by atoms with Gasteiger partial charge in [-0.3, -0.25) is 4.79 Å². The molecule has 2 N–H and O–H groups in total. The fourth-order valence-electron chi connectivity index (χ4n) is 4.61. The molecular formula is C27H27N3O2. The highest BCUT2D eigenvalue weighted by atomic mass is 16.3. The van der Waals surface area contributed by atoms with Crippen molar-refractivity contribution in [2.75, 3.05) is 13.6 Å². The lowest BCUT2D eigenvalue weighted by atomic mass is 10.0. The zero-order valence-corrected chi connectivity index (χ0v) is 18.2. The quantitative estimate of drug-likeness (QED) is 0.647. The molecule has 0 spiro atoms. The summed E-state index contributed by atoms with van der Waals surface area (Å²) in [5, 5.41) is 13.7. The van der Waals surface area contributed by atoms with Gasteiger partial charge in [-0.25, -0.2) is 4.99 Å². The Morgan fingerprint density at radius 3 is 2.50 bits per heavy atom. The molecule has 2 unspecified atom stereocenters. The van der Waals surface area contributed by atoms with Crippen LogP contribution in [0.25, 0.3) is 11.1 Å². The molecule has 1 heterocycles. The number of fused-ring (bicyclic) bond motifs is 1. The minimum Gasteiger partial charge on any atom is -0.390 e. The molecule has 1 saturated heterocycles. The number of likely N-dealkylation sites (tertiary alicyclic amines) is 1. The molecule has 0 bridgehead atoms. The molecule has 1 aliphatic carbocycles. The number of amides is 1. The Hall–Kier alpha value is -3.44. The van der Waals surface area contributed by atoms with E-state index < -0.39 is 12.1 Å². The van der Waals surface area contributed by atoms with Crippen molar-refractivity contribution >= 4 is 17.4 Å². The summed E-state index contributed by atoms with van der Waals surface area (Å²) >= 11 is 0. The molecule has 2 atom stereocenters. The molecule has 1 amide bonds. The first-order valence-electron chi connectivity index (χ1n) is 11.1. The van der Waals surface area contributed by atoms with Crippen LogP contribution in [0.15, 0.2) is 77.8 Å². The molecule has 32 heavy (non-hydrogen) atoms. The summed E-state index contributed by atoms with van der Waals surface area (Å²) in [5.41, 5.74) is 5.64. The fraction of sp³-hybridized carbons (Fsp3) is 0.259. The van der Waals surface area contributed by atoms with Gasteiger partial charge in [-0.05, 0) is 52.9 Å². The van der Waals surface area contributed by atoms with Gasteiger partial charge >= 0.3 is 0 Å². The van der Waals surface area contributed by atoms with Crippen LogP contribution in [0.3, 0.4) is 0 Å². The maximum atomic E-state index is 13.0. The fourth-order valence-corrected chi connectivity index (χ4v) is 4.61. The molecule has 3 aromatic carbocycles. The Morgan fingerprint density at radius 1 is 1.03 bits per heavy atom. The van der Waals surface area contributed by atoms with Gasteiger partial charge in [0, 0.05) is 32.0 Å². The van der Waals surface area contributed by atoms with Crippen molar-refractivity contribution in [3.8, 4) is 11.1 Å². The lowest BCUT2D eigenvalue weighted by Crippen LogP contribution is -2.33.